The van der Waals surface area contributed by atoms with E-state index in [9.17, 15) is 9.50 Å². The highest BCUT2D eigenvalue weighted by Crippen LogP contribution is 2.48. The van der Waals surface area contributed by atoms with Crippen molar-refractivity contribution in [2.24, 2.45) is 5.92 Å². The van der Waals surface area contributed by atoms with Gasteiger partial charge < -0.3 is 5.11 Å². The molecule has 3 nitrogen and oxygen atoms in total. The minimum absolute atomic E-state index is 0.206. The third-order valence-electron chi connectivity index (χ3n) is 5.68. The molecule has 1 atom stereocenters. The summed E-state index contributed by atoms with van der Waals surface area (Å²) in [4.78, 5) is 0. The Bertz CT molecular complexity index is 1130. The molecule has 1 aromatic heterocycles. The fraction of sp³-hybridized carbons (Fsp3) is 0.208. The van der Waals surface area contributed by atoms with E-state index in [1.807, 2.05) is 65.5 Å². The van der Waals surface area contributed by atoms with Gasteiger partial charge in [-0.25, -0.2) is 9.07 Å². The van der Waals surface area contributed by atoms with Gasteiger partial charge in [0.25, 0.3) is 0 Å². The molecule has 1 aliphatic rings. The van der Waals surface area contributed by atoms with Crippen LogP contribution in [0.2, 0.25) is 0 Å². The van der Waals surface area contributed by atoms with Crippen molar-refractivity contribution in [1.82, 2.24) is 9.78 Å². The number of hydrogen-bond acceptors (Lipinski definition) is 2. The van der Waals surface area contributed by atoms with Crippen LogP contribution in [-0.4, -0.2) is 14.9 Å². The predicted molar refractivity (Wildman–Crippen MR) is 108 cm³/mol. The van der Waals surface area contributed by atoms with Crippen molar-refractivity contribution in [2.75, 3.05) is 0 Å². The van der Waals surface area contributed by atoms with Crippen LogP contribution in [0.1, 0.15) is 24.0 Å². The van der Waals surface area contributed by atoms with Crippen molar-refractivity contribution in [3.8, 4) is 5.69 Å². The molecule has 1 N–H and O–H groups in total. The average molecular weight is 372 g/mol. The summed E-state index contributed by atoms with van der Waals surface area (Å²) >= 11 is 0. The van der Waals surface area contributed by atoms with Gasteiger partial charge in [0.15, 0.2) is 0 Å². The first-order valence-corrected chi connectivity index (χ1v) is 9.64. The summed E-state index contributed by atoms with van der Waals surface area (Å²) in [5, 5.41) is 17.1. The minimum Gasteiger partial charge on any atom is -0.385 e. The lowest BCUT2D eigenvalue weighted by molar-refractivity contribution is 0.0132. The van der Waals surface area contributed by atoms with Gasteiger partial charge in [0, 0.05) is 11.8 Å². The van der Waals surface area contributed by atoms with Crippen molar-refractivity contribution < 1.29 is 9.50 Å². The molecule has 0 bridgehead atoms. The summed E-state index contributed by atoms with van der Waals surface area (Å²) in [5.74, 6) is -0.0624. The van der Waals surface area contributed by atoms with E-state index < -0.39 is 5.60 Å². The molecule has 1 aliphatic carbocycles. The number of rotatable bonds is 5. The molecule has 4 heteroatoms. The SMILES string of the molecule is OC(Cc1cccc(F)c1)(c1ccc2c(cnn2-c2ccccc2)c1)C1CC1. The molecule has 1 fully saturated rings. The van der Waals surface area contributed by atoms with Crippen molar-refractivity contribution >= 4 is 10.9 Å². The van der Waals surface area contributed by atoms with Crippen LogP contribution < -0.4 is 0 Å². The second kappa shape index (κ2) is 6.57. The molecule has 1 unspecified atom stereocenters. The van der Waals surface area contributed by atoms with E-state index in [4.69, 9.17) is 0 Å². The van der Waals surface area contributed by atoms with Crippen LogP contribution in [0.4, 0.5) is 4.39 Å². The third kappa shape index (κ3) is 3.00. The van der Waals surface area contributed by atoms with Gasteiger partial charge in [0.2, 0.25) is 0 Å². The summed E-state index contributed by atoms with van der Waals surface area (Å²) in [6, 6.07) is 22.6. The zero-order valence-corrected chi connectivity index (χ0v) is 15.4. The molecule has 0 radical (unpaired) electrons. The van der Waals surface area contributed by atoms with Crippen LogP contribution in [0.15, 0.2) is 79.0 Å². The molecule has 1 saturated carbocycles. The van der Waals surface area contributed by atoms with Gasteiger partial charge in [-0.05, 0) is 66.3 Å². The fourth-order valence-electron chi connectivity index (χ4n) is 4.08. The highest BCUT2D eigenvalue weighted by atomic mass is 19.1. The van der Waals surface area contributed by atoms with Crippen LogP contribution in [0.3, 0.4) is 0 Å². The van der Waals surface area contributed by atoms with Gasteiger partial charge in [-0.2, -0.15) is 5.10 Å². The fourth-order valence-corrected chi connectivity index (χ4v) is 4.08. The Morgan fingerprint density at radius 2 is 1.82 bits per heavy atom. The molecule has 0 aliphatic heterocycles. The molecular formula is C24H21FN2O. The average Bonchev–Trinajstić information content (AvgIpc) is 3.48. The third-order valence-corrected chi connectivity index (χ3v) is 5.68. The first-order valence-electron chi connectivity index (χ1n) is 9.64. The number of halogens is 1. The Morgan fingerprint density at radius 3 is 2.57 bits per heavy atom. The van der Waals surface area contributed by atoms with Gasteiger partial charge in [-0.1, -0.05) is 36.4 Å². The Balaban J connectivity index is 1.55. The molecule has 140 valence electrons. The van der Waals surface area contributed by atoms with Crippen molar-refractivity contribution in [3.05, 3.63) is 95.9 Å². The van der Waals surface area contributed by atoms with E-state index >= 15 is 0 Å². The lowest BCUT2D eigenvalue weighted by atomic mass is 9.82. The maximum absolute atomic E-state index is 13.6. The number of aromatic nitrogens is 2. The molecule has 0 spiro atoms. The zero-order chi connectivity index (χ0) is 19.1. The number of aliphatic hydroxyl groups is 1. The predicted octanol–water partition coefficient (Wildman–Crippen LogP) is 5.00. The molecular weight excluding hydrogens is 351 g/mol. The van der Waals surface area contributed by atoms with Gasteiger partial charge in [0.05, 0.1) is 23.0 Å². The van der Waals surface area contributed by atoms with Crippen molar-refractivity contribution in [3.63, 3.8) is 0 Å². The van der Waals surface area contributed by atoms with Crippen LogP contribution in [0.25, 0.3) is 16.6 Å². The Labute approximate surface area is 163 Å². The summed E-state index contributed by atoms with van der Waals surface area (Å²) in [6.07, 6.45) is 4.23. The van der Waals surface area contributed by atoms with E-state index in [1.54, 1.807) is 6.07 Å². The normalized spacial score (nSPS) is 16.2. The largest absolute Gasteiger partial charge is 0.385 e. The second-order valence-electron chi connectivity index (χ2n) is 7.67. The van der Waals surface area contributed by atoms with Crippen molar-refractivity contribution in [1.29, 1.82) is 0 Å². The Hall–Kier alpha value is -2.98. The molecule has 1 heterocycles. The van der Waals surface area contributed by atoms with E-state index in [1.165, 1.54) is 12.1 Å². The van der Waals surface area contributed by atoms with Crippen LogP contribution in [0.5, 0.6) is 0 Å². The van der Waals surface area contributed by atoms with Crippen LogP contribution in [-0.2, 0) is 12.0 Å². The minimum atomic E-state index is -0.989. The second-order valence-corrected chi connectivity index (χ2v) is 7.67. The quantitative estimate of drug-likeness (QED) is 0.535. The molecule has 5 rings (SSSR count). The summed E-state index contributed by atoms with van der Waals surface area (Å²) in [6.45, 7) is 0. The maximum atomic E-state index is 13.6. The molecule has 3 aromatic carbocycles. The highest BCUT2D eigenvalue weighted by molar-refractivity contribution is 5.81. The number of hydrogen-bond donors (Lipinski definition) is 1. The maximum Gasteiger partial charge on any atom is 0.123 e. The lowest BCUT2D eigenvalue weighted by Crippen LogP contribution is -2.31. The van der Waals surface area contributed by atoms with Gasteiger partial charge in [-0.15, -0.1) is 0 Å². The summed E-state index contributed by atoms with van der Waals surface area (Å²) in [5.41, 5.74) is 2.70. The standard InChI is InChI=1S/C24H21FN2O/c25-21-6-4-5-17(13-21)15-24(28,19-9-10-19)20-11-12-23-18(14-20)16-26-27(23)22-7-2-1-3-8-22/h1-8,11-14,16,19,28H,9-10,15H2. The first-order chi connectivity index (χ1) is 13.6. The van der Waals surface area contributed by atoms with E-state index in [-0.39, 0.29) is 11.7 Å². The Kier molecular flexibility index (Phi) is 4.02. The number of benzene rings is 3. The van der Waals surface area contributed by atoms with Gasteiger partial charge in [0.1, 0.15) is 5.82 Å². The zero-order valence-electron chi connectivity index (χ0n) is 15.4. The van der Waals surface area contributed by atoms with E-state index in [0.29, 0.717) is 6.42 Å². The lowest BCUT2D eigenvalue weighted by Gasteiger charge is -2.29. The topological polar surface area (TPSA) is 38.1 Å². The van der Waals surface area contributed by atoms with E-state index in [0.717, 1.165) is 40.6 Å². The molecule has 4 aromatic rings. The van der Waals surface area contributed by atoms with Crippen molar-refractivity contribution in [2.45, 2.75) is 24.9 Å². The van der Waals surface area contributed by atoms with Gasteiger partial charge in [-0.3, -0.25) is 0 Å². The summed E-state index contributed by atoms with van der Waals surface area (Å²) in [7, 11) is 0. The highest BCUT2D eigenvalue weighted by Gasteiger charge is 2.45. The molecule has 0 saturated heterocycles. The Morgan fingerprint density at radius 1 is 1.00 bits per heavy atom. The van der Waals surface area contributed by atoms with Crippen LogP contribution in [0, 0.1) is 11.7 Å². The van der Waals surface area contributed by atoms with Crippen LogP contribution >= 0.6 is 0 Å². The summed E-state index contributed by atoms with van der Waals surface area (Å²) < 4.78 is 15.5. The number of para-hydroxylation sites is 1. The first kappa shape index (κ1) is 17.1. The number of fused-ring (bicyclic) bond motifs is 1. The van der Waals surface area contributed by atoms with Gasteiger partial charge >= 0.3 is 0 Å². The van der Waals surface area contributed by atoms with E-state index in [2.05, 4.69) is 5.10 Å². The monoisotopic (exact) mass is 372 g/mol. The smallest absolute Gasteiger partial charge is 0.123 e. The molecule has 0 amide bonds. The molecule has 28 heavy (non-hydrogen) atoms. The number of nitrogens with zero attached hydrogens (tertiary/aromatic N) is 2.